The van der Waals surface area contributed by atoms with Gasteiger partial charge in [0, 0.05) is 26.0 Å². The Morgan fingerprint density at radius 1 is 1.12 bits per heavy atom. The lowest BCUT2D eigenvalue weighted by Crippen LogP contribution is -2.47. The van der Waals surface area contributed by atoms with Crippen molar-refractivity contribution in [3.63, 3.8) is 0 Å². The van der Waals surface area contributed by atoms with Crippen LogP contribution >= 0.6 is 0 Å². The number of nitrogens with zero attached hydrogens (tertiary/aromatic N) is 2. The first kappa shape index (κ1) is 15.3. The summed E-state index contributed by atoms with van der Waals surface area (Å²) >= 11 is 0. The minimum absolute atomic E-state index is 0.413. The summed E-state index contributed by atoms with van der Waals surface area (Å²) in [6, 6.07) is 3.58. The van der Waals surface area contributed by atoms with Crippen molar-refractivity contribution in [2.45, 2.75) is 20.8 Å². The third kappa shape index (κ3) is 6.49. The average molecular weight is 254 g/mol. The van der Waals surface area contributed by atoms with E-state index in [1.807, 2.05) is 6.92 Å². The Kier molecular flexibility index (Phi) is 5.05. The number of halogens is 4. The molecule has 0 aliphatic rings. The maximum Gasteiger partial charge on any atom is 0.673 e. The van der Waals surface area contributed by atoms with Crippen LogP contribution in [0.4, 0.5) is 17.3 Å². The third-order valence-electron chi connectivity index (χ3n) is 1.70. The molecule has 0 saturated heterocycles. The molecule has 4 nitrogen and oxygen atoms in total. The van der Waals surface area contributed by atoms with Gasteiger partial charge in [0.25, 0.3) is 11.4 Å². The van der Waals surface area contributed by atoms with Crippen molar-refractivity contribution >= 4 is 7.25 Å². The summed E-state index contributed by atoms with van der Waals surface area (Å²) in [5.41, 5.74) is 2.35. The van der Waals surface area contributed by atoms with Crippen LogP contribution in [0.5, 0.6) is 0 Å². The van der Waals surface area contributed by atoms with Crippen molar-refractivity contribution in [1.29, 1.82) is 0 Å². The van der Waals surface area contributed by atoms with Crippen LogP contribution in [0.15, 0.2) is 12.1 Å². The predicted octanol–water partition coefficient (Wildman–Crippen LogP) is 2.24. The number of hydrogen-bond acceptors (Lipinski definition) is 2. The van der Waals surface area contributed by atoms with Crippen LogP contribution < -0.4 is 4.68 Å². The molecule has 0 unspecified atom stereocenters. The van der Waals surface area contributed by atoms with Crippen molar-refractivity contribution in [2.75, 3.05) is 0 Å². The predicted molar refractivity (Wildman–Crippen MR) is 53.4 cm³/mol. The van der Waals surface area contributed by atoms with Gasteiger partial charge in [0.2, 0.25) is 0 Å². The molecule has 0 aliphatic carbocycles. The van der Waals surface area contributed by atoms with E-state index >= 15 is 0 Å². The zero-order chi connectivity index (χ0) is 13.8. The van der Waals surface area contributed by atoms with Crippen LogP contribution in [-0.2, 0) is 0 Å². The molecule has 17 heavy (non-hydrogen) atoms. The van der Waals surface area contributed by atoms with Crippen molar-refractivity contribution < 1.29 is 27.0 Å². The molecule has 0 saturated carbocycles. The Hall–Kier alpha value is -1.67. The van der Waals surface area contributed by atoms with E-state index in [2.05, 4.69) is 0 Å². The summed E-state index contributed by atoms with van der Waals surface area (Å²) in [4.78, 5) is 10.5. The first-order valence-corrected chi connectivity index (χ1v) is 4.54. The van der Waals surface area contributed by atoms with Crippen LogP contribution in [0.1, 0.15) is 17.0 Å². The molecule has 1 heterocycles. The van der Waals surface area contributed by atoms with Crippen molar-refractivity contribution in [3.05, 3.63) is 39.2 Å². The van der Waals surface area contributed by atoms with Gasteiger partial charge < -0.3 is 17.3 Å². The Labute approximate surface area is 95.1 Å². The lowest BCUT2D eigenvalue weighted by Gasteiger charge is -1.94. The van der Waals surface area contributed by atoms with Crippen LogP contribution in [0, 0.1) is 30.9 Å². The van der Waals surface area contributed by atoms with Gasteiger partial charge in [-0.15, -0.1) is 0 Å². The van der Waals surface area contributed by atoms with E-state index in [1.165, 1.54) is 0 Å². The molecule has 0 aliphatic heterocycles. The zero-order valence-corrected chi connectivity index (χ0v) is 9.45. The van der Waals surface area contributed by atoms with Gasteiger partial charge in [-0.3, -0.25) is 0 Å². The number of aromatic nitrogens is 1. The molecule has 0 aromatic carbocycles. The molecule has 0 spiro atoms. The zero-order valence-electron chi connectivity index (χ0n) is 9.45. The van der Waals surface area contributed by atoms with Gasteiger partial charge in [-0.1, -0.05) is 0 Å². The highest BCUT2D eigenvalue weighted by atomic mass is 19.5. The Morgan fingerprint density at radius 3 is 1.65 bits per heavy atom. The van der Waals surface area contributed by atoms with E-state index in [0.717, 1.165) is 10.2 Å². The first-order chi connectivity index (χ1) is 7.52. The minimum Gasteiger partial charge on any atom is -0.418 e. The molecule has 1 aromatic rings. The first-order valence-electron chi connectivity index (χ1n) is 4.54. The highest BCUT2D eigenvalue weighted by Crippen LogP contribution is 2.06. The number of nitro groups is 1. The standard InChI is InChI=1S/C8H11N2O2.BF4/c1-6-4-7(2)9(10(11)12)8(3)5-6;2-1(3,4)5/h4-5H,1-3H3;/q+1;-1. The fraction of sp³-hybridized carbons (Fsp3) is 0.375. The molecule has 96 valence electrons. The van der Waals surface area contributed by atoms with Crippen molar-refractivity contribution in [3.8, 4) is 0 Å². The average Bonchev–Trinajstić information content (AvgIpc) is 1.95. The van der Waals surface area contributed by atoms with Crippen molar-refractivity contribution in [1.82, 2.24) is 0 Å². The second-order valence-corrected chi connectivity index (χ2v) is 3.36. The largest absolute Gasteiger partial charge is 0.673 e. The molecular formula is C8H11BF4N2O2. The lowest BCUT2D eigenvalue weighted by molar-refractivity contribution is -1.20. The van der Waals surface area contributed by atoms with Gasteiger partial charge >= 0.3 is 12.3 Å². The van der Waals surface area contributed by atoms with Crippen molar-refractivity contribution in [2.24, 2.45) is 0 Å². The maximum atomic E-state index is 10.5. The van der Waals surface area contributed by atoms with Gasteiger partial charge in [-0.25, -0.2) is 0 Å². The summed E-state index contributed by atoms with van der Waals surface area (Å²) in [5.74, 6) is 0. The van der Waals surface area contributed by atoms with E-state index in [1.54, 1.807) is 26.0 Å². The minimum atomic E-state index is -6.00. The SMILES string of the molecule is Cc1cc(C)[n+]([N+](=O)[O-])c(C)c1.F[B-](F)(F)F. The quantitative estimate of drug-likeness (QED) is 0.253. The lowest BCUT2D eigenvalue weighted by atomic mass is 10.2. The summed E-state index contributed by atoms with van der Waals surface area (Å²) in [5, 5.41) is 10.1. The van der Waals surface area contributed by atoms with Crippen LogP contribution in [0.3, 0.4) is 0 Å². The van der Waals surface area contributed by atoms with E-state index in [9.17, 15) is 27.4 Å². The second kappa shape index (κ2) is 5.60. The summed E-state index contributed by atoms with van der Waals surface area (Å²) in [7, 11) is -6.00. The molecule has 1 aromatic heterocycles. The smallest absolute Gasteiger partial charge is 0.418 e. The highest BCUT2D eigenvalue weighted by Gasteiger charge is 2.22. The van der Waals surface area contributed by atoms with Crippen LogP contribution in [-0.4, -0.2) is 12.3 Å². The Bertz CT molecular complexity index is 393. The number of pyridine rings is 1. The fourth-order valence-electron chi connectivity index (χ4n) is 1.36. The molecule has 1 rings (SSSR count). The molecule has 0 N–H and O–H groups in total. The summed E-state index contributed by atoms with van der Waals surface area (Å²) in [6.07, 6.45) is 0. The Balaban J connectivity index is 0.000000437. The number of rotatable bonds is 1. The van der Waals surface area contributed by atoms with E-state index in [4.69, 9.17) is 0 Å². The van der Waals surface area contributed by atoms with Gasteiger partial charge in [0.1, 0.15) is 4.68 Å². The molecule has 0 atom stereocenters. The second-order valence-electron chi connectivity index (χ2n) is 3.36. The van der Waals surface area contributed by atoms with Gasteiger partial charge in [0.15, 0.2) is 0 Å². The summed E-state index contributed by atoms with van der Waals surface area (Å²) in [6.45, 7) is 5.37. The number of aryl methyl sites for hydroxylation is 3. The van der Waals surface area contributed by atoms with Gasteiger partial charge in [0.05, 0.1) is 0 Å². The van der Waals surface area contributed by atoms with Crippen LogP contribution in [0.2, 0.25) is 0 Å². The van der Waals surface area contributed by atoms with Gasteiger partial charge in [-0.05, 0) is 12.5 Å². The fourth-order valence-corrected chi connectivity index (χ4v) is 1.36. The van der Waals surface area contributed by atoms with Crippen LogP contribution in [0.25, 0.3) is 0 Å². The molecule has 0 bridgehead atoms. The summed E-state index contributed by atoms with van der Waals surface area (Å²) < 4.78 is 40.1. The number of hydrogen-bond donors (Lipinski definition) is 0. The molecule has 0 radical (unpaired) electrons. The monoisotopic (exact) mass is 254 g/mol. The van der Waals surface area contributed by atoms with E-state index in [-0.39, 0.29) is 0 Å². The highest BCUT2D eigenvalue weighted by molar-refractivity contribution is 6.50. The molecular weight excluding hydrogens is 243 g/mol. The normalized spacial score (nSPS) is 10.5. The molecule has 9 heteroatoms. The molecule has 0 fully saturated rings. The van der Waals surface area contributed by atoms with E-state index < -0.39 is 12.3 Å². The van der Waals surface area contributed by atoms with Gasteiger partial charge in [-0.2, -0.15) is 10.1 Å². The van der Waals surface area contributed by atoms with E-state index in [0.29, 0.717) is 11.4 Å². The maximum absolute atomic E-state index is 10.5. The topological polar surface area (TPSA) is 47.0 Å². The molecule has 0 amide bonds. The Morgan fingerprint density at radius 2 is 1.41 bits per heavy atom. The third-order valence-corrected chi connectivity index (χ3v) is 1.70.